The lowest BCUT2D eigenvalue weighted by Gasteiger charge is -2.15. The molecule has 0 radical (unpaired) electrons. The summed E-state index contributed by atoms with van der Waals surface area (Å²) in [5.41, 5.74) is 2.20. The molecule has 1 aliphatic heterocycles. The molecule has 6 nitrogen and oxygen atoms in total. The number of hydrogen-bond donors (Lipinski definition) is 1. The Hall–Kier alpha value is -4.00. The molecule has 0 saturated heterocycles. The van der Waals surface area contributed by atoms with E-state index in [0.29, 0.717) is 17.0 Å². The van der Waals surface area contributed by atoms with Gasteiger partial charge in [0.05, 0.1) is 19.2 Å². The molecule has 1 aromatic heterocycles. The smallest absolute Gasteiger partial charge is 0.278 e. The largest absolute Gasteiger partial charge is 0.497 e. The number of benzene rings is 2. The van der Waals surface area contributed by atoms with E-state index in [-0.39, 0.29) is 17.8 Å². The molecule has 150 valence electrons. The van der Waals surface area contributed by atoms with E-state index in [2.05, 4.69) is 10.3 Å². The zero-order chi connectivity index (χ0) is 21.1. The van der Waals surface area contributed by atoms with Crippen LogP contribution in [-0.4, -0.2) is 28.8 Å². The van der Waals surface area contributed by atoms with E-state index in [0.717, 1.165) is 5.56 Å². The number of aromatic nitrogens is 1. The normalized spacial score (nSPS) is 13.7. The number of methoxy groups -OCH3 is 1. The lowest BCUT2D eigenvalue weighted by molar-refractivity contribution is -0.137. The molecule has 7 heteroatoms. The molecule has 0 bridgehead atoms. The van der Waals surface area contributed by atoms with Crippen molar-refractivity contribution in [3.8, 4) is 5.75 Å². The first-order valence-corrected chi connectivity index (χ1v) is 9.23. The van der Waals surface area contributed by atoms with Crippen molar-refractivity contribution in [2.45, 2.75) is 6.54 Å². The van der Waals surface area contributed by atoms with Gasteiger partial charge in [-0.1, -0.05) is 18.2 Å². The number of carbonyl (C=O) groups excluding carboxylic acids is 2. The van der Waals surface area contributed by atoms with Gasteiger partial charge in [0.1, 0.15) is 17.3 Å². The molecule has 0 saturated carbocycles. The minimum atomic E-state index is -0.459. The molecule has 0 fully saturated rings. The number of nitrogens with one attached hydrogen (secondary N) is 1. The molecule has 0 aliphatic carbocycles. The SMILES string of the molecule is COc1ccc(C2=C(Nc3ccc(F)cc3)C(=O)N(Cc3cccnc3)C2=O)cc1. The van der Waals surface area contributed by atoms with Crippen molar-refractivity contribution in [2.75, 3.05) is 12.4 Å². The molecular weight excluding hydrogens is 385 g/mol. The average molecular weight is 403 g/mol. The third-order valence-electron chi connectivity index (χ3n) is 4.72. The summed E-state index contributed by atoms with van der Waals surface area (Å²) >= 11 is 0. The van der Waals surface area contributed by atoms with E-state index >= 15 is 0 Å². The van der Waals surface area contributed by atoms with Gasteiger partial charge in [-0.2, -0.15) is 0 Å². The highest BCUT2D eigenvalue weighted by Crippen LogP contribution is 2.32. The van der Waals surface area contributed by atoms with E-state index in [1.54, 1.807) is 55.9 Å². The van der Waals surface area contributed by atoms with Crippen molar-refractivity contribution in [1.82, 2.24) is 9.88 Å². The van der Waals surface area contributed by atoms with Gasteiger partial charge in [-0.15, -0.1) is 0 Å². The van der Waals surface area contributed by atoms with Gasteiger partial charge >= 0.3 is 0 Å². The Bertz CT molecular complexity index is 1110. The summed E-state index contributed by atoms with van der Waals surface area (Å²) in [6, 6.07) is 16.0. The second-order valence-corrected chi connectivity index (χ2v) is 6.67. The van der Waals surface area contributed by atoms with Crippen molar-refractivity contribution < 1.29 is 18.7 Å². The minimum absolute atomic E-state index is 0.0970. The molecule has 0 spiro atoms. The molecule has 3 aromatic rings. The molecule has 2 amide bonds. The average Bonchev–Trinajstić information content (AvgIpc) is 3.00. The van der Waals surface area contributed by atoms with Crippen molar-refractivity contribution in [1.29, 1.82) is 0 Å². The Balaban J connectivity index is 1.73. The molecule has 4 rings (SSSR count). The number of carbonyl (C=O) groups is 2. The van der Waals surface area contributed by atoms with Crippen LogP contribution in [0.2, 0.25) is 0 Å². The molecule has 0 unspecified atom stereocenters. The van der Waals surface area contributed by atoms with Gasteiger partial charge in [0.2, 0.25) is 0 Å². The fraction of sp³-hybridized carbons (Fsp3) is 0.0870. The highest BCUT2D eigenvalue weighted by molar-refractivity contribution is 6.36. The van der Waals surface area contributed by atoms with Gasteiger partial charge in [-0.25, -0.2) is 4.39 Å². The van der Waals surface area contributed by atoms with Gasteiger partial charge in [-0.05, 0) is 53.6 Å². The van der Waals surface area contributed by atoms with Crippen LogP contribution in [0.4, 0.5) is 10.1 Å². The van der Waals surface area contributed by atoms with Gasteiger partial charge in [0.25, 0.3) is 11.8 Å². The topological polar surface area (TPSA) is 71.5 Å². The first-order chi connectivity index (χ1) is 14.6. The van der Waals surface area contributed by atoms with E-state index in [4.69, 9.17) is 4.74 Å². The second kappa shape index (κ2) is 8.16. The number of imide groups is 1. The van der Waals surface area contributed by atoms with Crippen LogP contribution < -0.4 is 10.1 Å². The molecule has 2 aromatic carbocycles. The third kappa shape index (κ3) is 3.77. The van der Waals surface area contributed by atoms with Crippen molar-refractivity contribution in [2.24, 2.45) is 0 Å². The Morgan fingerprint density at radius 2 is 1.73 bits per heavy atom. The minimum Gasteiger partial charge on any atom is -0.497 e. The third-order valence-corrected chi connectivity index (χ3v) is 4.72. The van der Waals surface area contributed by atoms with Crippen molar-refractivity contribution in [3.63, 3.8) is 0 Å². The number of rotatable bonds is 6. The quantitative estimate of drug-likeness (QED) is 0.637. The van der Waals surface area contributed by atoms with Crippen LogP contribution >= 0.6 is 0 Å². The van der Waals surface area contributed by atoms with Crippen molar-refractivity contribution >= 4 is 23.1 Å². The lowest BCUT2D eigenvalue weighted by Crippen LogP contribution is -2.32. The van der Waals surface area contributed by atoms with E-state index in [9.17, 15) is 14.0 Å². The number of anilines is 1. The summed E-state index contributed by atoms with van der Waals surface area (Å²) < 4.78 is 18.4. The number of hydrogen-bond acceptors (Lipinski definition) is 5. The molecule has 0 atom stereocenters. The lowest BCUT2D eigenvalue weighted by atomic mass is 10.0. The Morgan fingerprint density at radius 3 is 2.37 bits per heavy atom. The Morgan fingerprint density at radius 1 is 1.00 bits per heavy atom. The zero-order valence-corrected chi connectivity index (χ0v) is 16.1. The van der Waals surface area contributed by atoms with Crippen LogP contribution in [0.5, 0.6) is 5.75 Å². The van der Waals surface area contributed by atoms with Crippen LogP contribution in [0.25, 0.3) is 5.57 Å². The van der Waals surface area contributed by atoms with E-state index in [1.165, 1.54) is 29.2 Å². The fourth-order valence-corrected chi connectivity index (χ4v) is 3.21. The van der Waals surface area contributed by atoms with Crippen LogP contribution in [-0.2, 0) is 16.1 Å². The summed E-state index contributed by atoms with van der Waals surface area (Å²) in [5.74, 6) is -0.633. The highest BCUT2D eigenvalue weighted by Gasteiger charge is 2.39. The van der Waals surface area contributed by atoms with Crippen molar-refractivity contribution in [3.05, 3.63) is 95.7 Å². The van der Waals surface area contributed by atoms with Crippen LogP contribution in [0, 0.1) is 5.82 Å². The predicted octanol–water partition coefficient (Wildman–Crippen LogP) is 3.62. The number of halogens is 1. The Labute approximate surface area is 172 Å². The first kappa shape index (κ1) is 19.3. The van der Waals surface area contributed by atoms with Crippen LogP contribution in [0.3, 0.4) is 0 Å². The van der Waals surface area contributed by atoms with Gasteiger partial charge in [-0.3, -0.25) is 19.5 Å². The summed E-state index contributed by atoms with van der Waals surface area (Å²) in [4.78, 5) is 31.6. The van der Waals surface area contributed by atoms with E-state index in [1.807, 2.05) is 0 Å². The standard InChI is InChI=1S/C23H18FN3O3/c1-30-19-10-4-16(5-11-19)20-21(26-18-8-6-17(24)7-9-18)23(29)27(22(20)28)14-15-3-2-12-25-13-15/h2-13,26H,14H2,1H3. The summed E-state index contributed by atoms with van der Waals surface area (Å²) in [6.07, 6.45) is 3.23. The molecular formula is C23H18FN3O3. The van der Waals surface area contributed by atoms with Gasteiger partial charge in [0.15, 0.2) is 0 Å². The second-order valence-electron chi connectivity index (χ2n) is 6.67. The van der Waals surface area contributed by atoms with E-state index < -0.39 is 17.6 Å². The monoisotopic (exact) mass is 403 g/mol. The van der Waals surface area contributed by atoms with Gasteiger partial charge < -0.3 is 10.1 Å². The summed E-state index contributed by atoms with van der Waals surface area (Å²) in [7, 11) is 1.55. The highest BCUT2D eigenvalue weighted by atomic mass is 19.1. The number of pyridine rings is 1. The zero-order valence-electron chi connectivity index (χ0n) is 16.1. The molecule has 1 N–H and O–H groups in total. The Kier molecular flexibility index (Phi) is 5.26. The van der Waals surface area contributed by atoms with Crippen LogP contribution in [0.15, 0.2) is 78.8 Å². The molecule has 1 aliphatic rings. The summed E-state index contributed by atoms with van der Waals surface area (Å²) in [5, 5.41) is 3.00. The summed E-state index contributed by atoms with van der Waals surface area (Å²) in [6.45, 7) is 0.0970. The first-order valence-electron chi connectivity index (χ1n) is 9.23. The number of nitrogens with zero attached hydrogens (tertiary/aromatic N) is 2. The van der Waals surface area contributed by atoms with Gasteiger partial charge in [0, 0.05) is 18.1 Å². The molecule has 2 heterocycles. The number of ether oxygens (including phenoxy) is 1. The molecule has 30 heavy (non-hydrogen) atoms. The van der Waals surface area contributed by atoms with Crippen LogP contribution in [0.1, 0.15) is 11.1 Å². The maximum Gasteiger partial charge on any atom is 0.278 e. The predicted molar refractivity (Wildman–Crippen MR) is 110 cm³/mol. The maximum absolute atomic E-state index is 13.3. The fourth-order valence-electron chi connectivity index (χ4n) is 3.21. The maximum atomic E-state index is 13.3. The number of amides is 2.